The van der Waals surface area contributed by atoms with Crippen LogP contribution in [0.4, 0.5) is 5.69 Å². The monoisotopic (exact) mass is 317 g/mol. The average Bonchev–Trinajstić information content (AvgIpc) is 2.63. The summed E-state index contributed by atoms with van der Waals surface area (Å²) in [5.74, 6) is 0.237. The molecule has 0 spiro atoms. The number of nitrogens with zero attached hydrogens (tertiary/aromatic N) is 3. The molecular formula is C15H15N3O3S. The van der Waals surface area contributed by atoms with Crippen molar-refractivity contribution in [2.45, 2.75) is 5.25 Å². The number of rotatable bonds is 2. The number of ether oxygens (including phenoxy) is 1. The zero-order valence-electron chi connectivity index (χ0n) is 12.4. The van der Waals surface area contributed by atoms with Crippen molar-refractivity contribution in [1.82, 2.24) is 4.98 Å². The maximum absolute atomic E-state index is 12.7. The van der Waals surface area contributed by atoms with Gasteiger partial charge in [0.2, 0.25) is 11.6 Å². The molecule has 6 nitrogen and oxygen atoms in total. The zero-order valence-corrected chi connectivity index (χ0v) is 13.3. The van der Waals surface area contributed by atoms with Crippen molar-refractivity contribution in [3.8, 4) is 5.88 Å². The van der Waals surface area contributed by atoms with E-state index in [0.717, 1.165) is 4.73 Å². The first kappa shape index (κ1) is 14.6. The number of carbonyl (C=O) groups is 1. The number of hydrogen-bond acceptors (Lipinski definition) is 5. The minimum atomic E-state index is -0.340. The maximum Gasteiger partial charge on any atom is 0.264 e. The van der Waals surface area contributed by atoms with Crippen molar-refractivity contribution in [2.24, 2.45) is 0 Å². The summed E-state index contributed by atoms with van der Waals surface area (Å²) in [5.41, 5.74) is 2.14. The predicted molar refractivity (Wildman–Crippen MR) is 84.3 cm³/mol. The lowest BCUT2D eigenvalue weighted by Gasteiger charge is -2.18. The third-order valence-corrected chi connectivity index (χ3v) is 4.63. The van der Waals surface area contributed by atoms with E-state index in [2.05, 4.69) is 4.98 Å². The van der Waals surface area contributed by atoms with E-state index in [0.29, 0.717) is 28.5 Å². The number of thioether (sulfide) groups is 1. The van der Waals surface area contributed by atoms with Crippen LogP contribution in [0.2, 0.25) is 0 Å². The van der Waals surface area contributed by atoms with Crippen molar-refractivity contribution in [2.75, 3.05) is 25.3 Å². The number of amides is 1. The molecule has 2 aromatic rings. The predicted octanol–water partition coefficient (Wildman–Crippen LogP) is 1.77. The van der Waals surface area contributed by atoms with Gasteiger partial charge in [-0.05, 0) is 18.4 Å². The summed E-state index contributed by atoms with van der Waals surface area (Å²) in [6.07, 6.45) is 3.29. The summed E-state index contributed by atoms with van der Waals surface area (Å²) in [6, 6.07) is 6.76. The van der Waals surface area contributed by atoms with Gasteiger partial charge in [0, 0.05) is 19.2 Å². The van der Waals surface area contributed by atoms with E-state index in [1.165, 1.54) is 30.0 Å². The van der Waals surface area contributed by atoms with E-state index in [4.69, 9.17) is 4.74 Å². The summed E-state index contributed by atoms with van der Waals surface area (Å²) in [5, 5.41) is 11.9. The normalized spacial score (nSPS) is 16.8. The van der Waals surface area contributed by atoms with Crippen LogP contribution < -0.4 is 14.4 Å². The van der Waals surface area contributed by atoms with Crippen LogP contribution in [0.1, 0.15) is 27.0 Å². The molecule has 0 radical (unpaired) electrons. The van der Waals surface area contributed by atoms with Crippen LogP contribution in [-0.4, -0.2) is 31.3 Å². The van der Waals surface area contributed by atoms with Gasteiger partial charge in [0.1, 0.15) is 10.8 Å². The summed E-state index contributed by atoms with van der Waals surface area (Å²) < 4.78 is 5.93. The molecule has 22 heavy (non-hydrogen) atoms. The molecule has 0 saturated heterocycles. The molecule has 0 saturated carbocycles. The molecule has 1 aliphatic heterocycles. The van der Waals surface area contributed by atoms with Gasteiger partial charge >= 0.3 is 0 Å². The fourth-order valence-electron chi connectivity index (χ4n) is 2.62. The van der Waals surface area contributed by atoms with Crippen LogP contribution >= 0.6 is 11.8 Å². The highest BCUT2D eigenvalue weighted by Gasteiger charge is 2.37. The van der Waals surface area contributed by atoms with E-state index < -0.39 is 0 Å². The van der Waals surface area contributed by atoms with Crippen molar-refractivity contribution in [3.63, 3.8) is 0 Å². The highest BCUT2D eigenvalue weighted by molar-refractivity contribution is 7.99. The topological polar surface area (TPSA) is 69.4 Å². The van der Waals surface area contributed by atoms with E-state index in [9.17, 15) is 10.0 Å². The van der Waals surface area contributed by atoms with Crippen LogP contribution in [0.15, 0.2) is 30.5 Å². The van der Waals surface area contributed by atoms with Gasteiger partial charge in [0.15, 0.2) is 6.20 Å². The first-order valence-electron chi connectivity index (χ1n) is 6.66. The Labute approximate surface area is 132 Å². The lowest BCUT2D eigenvalue weighted by Crippen LogP contribution is -2.36. The number of hydrogen-bond donors (Lipinski definition) is 0. The quantitative estimate of drug-likeness (QED) is 0.623. The van der Waals surface area contributed by atoms with Crippen LogP contribution in [-0.2, 0) is 0 Å². The Balaban J connectivity index is 2.34. The molecule has 3 heterocycles. The van der Waals surface area contributed by atoms with Gasteiger partial charge in [0.05, 0.1) is 18.5 Å². The van der Waals surface area contributed by atoms with Crippen LogP contribution in [0.25, 0.3) is 0 Å². The maximum atomic E-state index is 12.7. The standard InChI is InChI=1S/C15H15N3O3S/c1-17-10-6-7-11(21-2)16-12(10)14(22-3)13-9(15(17)19)5-4-8-18(13)20/h4-8,14H,1-3H3. The van der Waals surface area contributed by atoms with Crippen molar-refractivity contribution in [3.05, 3.63) is 52.6 Å². The summed E-state index contributed by atoms with van der Waals surface area (Å²) in [7, 11) is 3.22. The van der Waals surface area contributed by atoms with Gasteiger partial charge in [-0.25, -0.2) is 4.98 Å². The van der Waals surface area contributed by atoms with Crippen LogP contribution in [0.5, 0.6) is 5.88 Å². The fraction of sp³-hybridized carbons (Fsp3) is 0.267. The summed E-state index contributed by atoms with van der Waals surface area (Å²) in [6.45, 7) is 0. The van der Waals surface area contributed by atoms with E-state index in [-0.39, 0.29) is 11.2 Å². The third-order valence-electron chi connectivity index (χ3n) is 3.71. The van der Waals surface area contributed by atoms with Crippen molar-refractivity contribution in [1.29, 1.82) is 0 Å². The minimum absolute atomic E-state index is 0.218. The Kier molecular flexibility index (Phi) is 3.66. The SMILES string of the molecule is COc1ccc2c(n1)C(SC)c1c(ccc[n+]1[O-])C(=O)N2C. The molecule has 7 heteroatoms. The number of pyridine rings is 2. The molecular weight excluding hydrogens is 302 g/mol. The summed E-state index contributed by atoms with van der Waals surface area (Å²) >= 11 is 1.46. The lowest BCUT2D eigenvalue weighted by atomic mass is 10.1. The second kappa shape index (κ2) is 5.49. The Morgan fingerprint density at radius 3 is 2.86 bits per heavy atom. The van der Waals surface area contributed by atoms with Crippen LogP contribution in [0.3, 0.4) is 0 Å². The van der Waals surface area contributed by atoms with E-state index >= 15 is 0 Å². The Morgan fingerprint density at radius 1 is 1.41 bits per heavy atom. The molecule has 1 amide bonds. The van der Waals surface area contributed by atoms with Crippen molar-refractivity contribution < 1.29 is 14.3 Å². The molecule has 0 N–H and O–H groups in total. The van der Waals surface area contributed by atoms with Gasteiger partial charge in [-0.1, -0.05) is 0 Å². The molecule has 3 rings (SSSR count). The molecule has 1 unspecified atom stereocenters. The number of carbonyl (C=O) groups excluding carboxylic acids is 1. The van der Waals surface area contributed by atoms with E-state index in [1.54, 1.807) is 31.3 Å². The largest absolute Gasteiger partial charge is 0.618 e. The third kappa shape index (κ3) is 2.09. The number of fused-ring (bicyclic) bond motifs is 2. The molecule has 0 aliphatic carbocycles. The van der Waals surface area contributed by atoms with Gasteiger partial charge in [-0.15, -0.1) is 11.8 Å². The summed E-state index contributed by atoms with van der Waals surface area (Å²) in [4.78, 5) is 18.7. The molecule has 1 atom stereocenters. The lowest BCUT2D eigenvalue weighted by molar-refractivity contribution is -0.613. The number of anilines is 1. The van der Waals surface area contributed by atoms with E-state index in [1.807, 2.05) is 6.26 Å². The Hall–Kier alpha value is -2.28. The zero-order chi connectivity index (χ0) is 15.9. The average molecular weight is 317 g/mol. The fourth-order valence-corrected chi connectivity index (χ4v) is 3.47. The van der Waals surface area contributed by atoms with Gasteiger partial charge < -0.3 is 14.8 Å². The minimum Gasteiger partial charge on any atom is -0.618 e. The molecule has 2 aromatic heterocycles. The highest BCUT2D eigenvalue weighted by atomic mass is 32.2. The Morgan fingerprint density at radius 2 is 2.18 bits per heavy atom. The molecule has 114 valence electrons. The number of aromatic nitrogens is 2. The Bertz CT molecular complexity index is 751. The molecule has 0 fully saturated rings. The van der Waals surface area contributed by atoms with Crippen molar-refractivity contribution >= 4 is 23.4 Å². The number of methoxy groups -OCH3 is 1. The second-order valence-electron chi connectivity index (χ2n) is 4.87. The first-order valence-corrected chi connectivity index (χ1v) is 7.95. The van der Waals surface area contributed by atoms with Crippen LogP contribution in [0, 0.1) is 5.21 Å². The smallest absolute Gasteiger partial charge is 0.264 e. The first-order chi connectivity index (χ1) is 10.6. The van der Waals surface area contributed by atoms with Gasteiger partial charge in [-0.2, -0.15) is 4.73 Å². The molecule has 0 bridgehead atoms. The second-order valence-corrected chi connectivity index (χ2v) is 5.81. The molecule has 0 aromatic carbocycles. The van der Waals surface area contributed by atoms with Gasteiger partial charge in [-0.3, -0.25) is 4.79 Å². The van der Waals surface area contributed by atoms with Gasteiger partial charge in [0.25, 0.3) is 5.91 Å². The molecule has 1 aliphatic rings. The highest BCUT2D eigenvalue weighted by Crippen LogP contribution is 2.41.